The van der Waals surface area contributed by atoms with Crippen molar-refractivity contribution >= 4 is 45.1 Å². The van der Waals surface area contributed by atoms with E-state index < -0.39 is 11.8 Å². The Bertz CT molecular complexity index is 875. The smallest absolute Gasteiger partial charge is 0.276 e. The standard InChI is InChI=1S/C20H22BrN3O4S/c1-3-14-4-6-15(7-5-14)27-11-18(25)22-20(29)24-23-19(26)12-28-16-8-9-17(21)13(2)10-16/h4-10H,3,11-12H2,1-2H3,(H,23,26)(H2,22,24,25,29). The second-order valence-corrected chi connectivity index (χ2v) is 7.30. The molecule has 0 aliphatic rings. The average Bonchev–Trinajstić information content (AvgIpc) is 2.72. The van der Waals surface area contributed by atoms with Crippen LogP contribution in [0, 0.1) is 6.92 Å². The second-order valence-electron chi connectivity index (χ2n) is 6.04. The molecule has 2 aromatic rings. The van der Waals surface area contributed by atoms with E-state index in [4.69, 9.17) is 21.7 Å². The molecular formula is C20H22BrN3O4S. The summed E-state index contributed by atoms with van der Waals surface area (Å²) < 4.78 is 11.7. The molecule has 0 aromatic heterocycles. The third-order valence-corrected chi connectivity index (χ3v) is 4.86. The number of hydrogen-bond acceptors (Lipinski definition) is 5. The van der Waals surface area contributed by atoms with Crippen molar-refractivity contribution in [3.05, 3.63) is 58.1 Å². The Morgan fingerprint density at radius 1 is 0.966 bits per heavy atom. The Morgan fingerprint density at radius 3 is 2.24 bits per heavy atom. The minimum Gasteiger partial charge on any atom is -0.484 e. The van der Waals surface area contributed by atoms with Crippen LogP contribution < -0.4 is 25.6 Å². The average molecular weight is 480 g/mol. The number of hydrogen-bond donors (Lipinski definition) is 3. The summed E-state index contributed by atoms with van der Waals surface area (Å²) in [6.07, 6.45) is 0.931. The lowest BCUT2D eigenvalue weighted by molar-refractivity contribution is -0.124. The lowest BCUT2D eigenvalue weighted by Crippen LogP contribution is -2.50. The zero-order valence-electron chi connectivity index (χ0n) is 16.1. The summed E-state index contributed by atoms with van der Waals surface area (Å²) in [6.45, 7) is 3.57. The predicted molar refractivity (Wildman–Crippen MR) is 118 cm³/mol. The third kappa shape index (κ3) is 8.08. The number of carbonyl (C=O) groups is 2. The maximum absolute atomic E-state index is 11.9. The van der Waals surface area contributed by atoms with Gasteiger partial charge in [-0.1, -0.05) is 35.0 Å². The van der Waals surface area contributed by atoms with Crippen LogP contribution in [0.25, 0.3) is 0 Å². The third-order valence-electron chi connectivity index (χ3n) is 3.77. The maximum Gasteiger partial charge on any atom is 0.276 e. The van der Waals surface area contributed by atoms with Gasteiger partial charge in [0.05, 0.1) is 0 Å². The van der Waals surface area contributed by atoms with Gasteiger partial charge in [-0.15, -0.1) is 0 Å². The molecule has 2 aromatic carbocycles. The Kier molecular flexibility index (Phi) is 8.88. The van der Waals surface area contributed by atoms with E-state index in [1.807, 2.05) is 31.2 Å². The molecule has 7 nitrogen and oxygen atoms in total. The van der Waals surface area contributed by atoms with Gasteiger partial charge in [-0.3, -0.25) is 25.8 Å². The maximum atomic E-state index is 11.9. The molecule has 0 atom stereocenters. The Morgan fingerprint density at radius 2 is 1.59 bits per heavy atom. The quantitative estimate of drug-likeness (QED) is 0.417. The fraction of sp³-hybridized carbons (Fsp3) is 0.250. The molecule has 154 valence electrons. The number of aryl methyl sites for hydroxylation is 2. The molecule has 0 radical (unpaired) electrons. The molecule has 29 heavy (non-hydrogen) atoms. The van der Waals surface area contributed by atoms with Crippen LogP contribution in [0.1, 0.15) is 18.1 Å². The minimum absolute atomic E-state index is 0.0484. The van der Waals surface area contributed by atoms with Crippen LogP contribution in [-0.2, 0) is 16.0 Å². The molecule has 9 heteroatoms. The monoisotopic (exact) mass is 479 g/mol. The predicted octanol–water partition coefficient (Wildman–Crippen LogP) is 2.80. The van der Waals surface area contributed by atoms with Gasteiger partial charge in [-0.25, -0.2) is 0 Å². The van der Waals surface area contributed by atoms with Crippen LogP contribution in [0.2, 0.25) is 0 Å². The van der Waals surface area contributed by atoms with Gasteiger partial charge in [-0.2, -0.15) is 0 Å². The van der Waals surface area contributed by atoms with E-state index in [1.54, 1.807) is 18.2 Å². The summed E-state index contributed by atoms with van der Waals surface area (Å²) in [7, 11) is 0. The van der Waals surface area contributed by atoms with Crippen molar-refractivity contribution in [2.45, 2.75) is 20.3 Å². The first-order chi connectivity index (χ1) is 13.9. The highest BCUT2D eigenvalue weighted by Crippen LogP contribution is 2.21. The van der Waals surface area contributed by atoms with E-state index >= 15 is 0 Å². The van der Waals surface area contributed by atoms with E-state index in [0.717, 1.165) is 16.5 Å². The van der Waals surface area contributed by atoms with Crippen molar-refractivity contribution in [1.29, 1.82) is 0 Å². The number of halogens is 1. The van der Waals surface area contributed by atoms with Gasteiger partial charge in [-0.05, 0) is 67.0 Å². The molecule has 0 saturated heterocycles. The fourth-order valence-corrected chi connectivity index (χ4v) is 2.59. The summed E-state index contributed by atoms with van der Waals surface area (Å²) in [6, 6.07) is 12.9. The highest BCUT2D eigenvalue weighted by molar-refractivity contribution is 9.10. The van der Waals surface area contributed by atoms with Gasteiger partial charge < -0.3 is 9.47 Å². The van der Waals surface area contributed by atoms with Crippen LogP contribution in [-0.4, -0.2) is 30.1 Å². The molecule has 0 heterocycles. The molecule has 0 unspecified atom stereocenters. The zero-order valence-corrected chi connectivity index (χ0v) is 18.5. The van der Waals surface area contributed by atoms with Crippen molar-refractivity contribution in [2.24, 2.45) is 0 Å². The fourth-order valence-electron chi connectivity index (χ4n) is 2.18. The molecule has 0 aliphatic heterocycles. The van der Waals surface area contributed by atoms with Crippen molar-refractivity contribution in [2.75, 3.05) is 13.2 Å². The highest BCUT2D eigenvalue weighted by atomic mass is 79.9. The lowest BCUT2D eigenvalue weighted by atomic mass is 10.2. The molecule has 0 spiro atoms. The minimum atomic E-state index is -0.450. The van der Waals surface area contributed by atoms with E-state index in [-0.39, 0.29) is 18.3 Å². The van der Waals surface area contributed by atoms with Gasteiger partial charge in [0.15, 0.2) is 18.3 Å². The molecule has 2 amide bonds. The van der Waals surface area contributed by atoms with Crippen LogP contribution in [0.4, 0.5) is 0 Å². The highest BCUT2D eigenvalue weighted by Gasteiger charge is 2.08. The van der Waals surface area contributed by atoms with E-state index in [1.165, 1.54) is 5.56 Å². The van der Waals surface area contributed by atoms with Crippen molar-refractivity contribution in [3.8, 4) is 11.5 Å². The summed E-state index contributed by atoms with van der Waals surface area (Å²) in [5.74, 6) is 0.262. The number of rotatable bonds is 7. The Balaban J connectivity index is 1.65. The van der Waals surface area contributed by atoms with E-state index in [9.17, 15) is 9.59 Å². The van der Waals surface area contributed by atoms with Gasteiger partial charge in [0.25, 0.3) is 11.8 Å². The van der Waals surface area contributed by atoms with Gasteiger partial charge >= 0.3 is 0 Å². The molecular weight excluding hydrogens is 458 g/mol. The molecule has 3 N–H and O–H groups in total. The second kappa shape index (κ2) is 11.4. The van der Waals surface area contributed by atoms with Crippen LogP contribution >= 0.6 is 28.1 Å². The summed E-state index contributed by atoms with van der Waals surface area (Å²) >= 11 is 8.36. The Hall–Kier alpha value is -2.65. The van der Waals surface area contributed by atoms with E-state index in [0.29, 0.717) is 11.5 Å². The number of thiocarbonyl (C=S) groups is 1. The SMILES string of the molecule is CCc1ccc(OCC(=O)NC(=S)NNC(=O)COc2ccc(Br)c(C)c2)cc1. The number of amides is 2. The van der Waals surface area contributed by atoms with E-state index in [2.05, 4.69) is 39.0 Å². The van der Waals surface area contributed by atoms with Crippen molar-refractivity contribution < 1.29 is 19.1 Å². The summed E-state index contributed by atoms with van der Waals surface area (Å²) in [5.41, 5.74) is 6.97. The number of hydrazine groups is 1. The number of ether oxygens (including phenoxy) is 2. The lowest BCUT2D eigenvalue weighted by Gasteiger charge is -2.12. The number of carbonyl (C=O) groups excluding carboxylic acids is 2. The van der Waals surface area contributed by atoms with Crippen LogP contribution in [0.15, 0.2) is 46.9 Å². The Labute approximate surface area is 183 Å². The summed E-state index contributed by atoms with van der Waals surface area (Å²) in [4.78, 5) is 23.7. The largest absolute Gasteiger partial charge is 0.484 e. The molecule has 2 rings (SSSR count). The van der Waals surface area contributed by atoms with Gasteiger partial charge in [0.1, 0.15) is 11.5 Å². The first-order valence-corrected chi connectivity index (χ1v) is 10.1. The first-order valence-electron chi connectivity index (χ1n) is 8.86. The molecule has 0 saturated carbocycles. The zero-order chi connectivity index (χ0) is 21.2. The normalized spacial score (nSPS) is 10.0. The summed E-state index contributed by atoms with van der Waals surface area (Å²) in [5, 5.41) is 2.36. The molecule has 0 fully saturated rings. The topological polar surface area (TPSA) is 88.7 Å². The van der Waals surface area contributed by atoms with Crippen molar-refractivity contribution in [3.63, 3.8) is 0 Å². The van der Waals surface area contributed by atoms with Gasteiger partial charge in [0, 0.05) is 4.47 Å². The van der Waals surface area contributed by atoms with Crippen LogP contribution in [0.3, 0.4) is 0 Å². The molecule has 0 aliphatic carbocycles. The van der Waals surface area contributed by atoms with Crippen molar-refractivity contribution in [1.82, 2.24) is 16.2 Å². The molecule has 0 bridgehead atoms. The first kappa shape index (κ1) is 22.6. The number of nitrogens with one attached hydrogen (secondary N) is 3. The van der Waals surface area contributed by atoms with Crippen LogP contribution in [0.5, 0.6) is 11.5 Å². The van der Waals surface area contributed by atoms with Gasteiger partial charge in [0.2, 0.25) is 0 Å². The number of benzene rings is 2.